The van der Waals surface area contributed by atoms with Gasteiger partial charge in [-0.25, -0.2) is 0 Å². The first-order chi connectivity index (χ1) is 9.40. The summed E-state index contributed by atoms with van der Waals surface area (Å²) in [6, 6.07) is 1.89. The Kier molecular flexibility index (Phi) is 6.20. The van der Waals surface area contributed by atoms with Crippen LogP contribution in [0.1, 0.15) is 47.8 Å². The summed E-state index contributed by atoms with van der Waals surface area (Å²) in [7, 11) is 0. The van der Waals surface area contributed by atoms with Gasteiger partial charge in [-0.2, -0.15) is 0 Å². The number of carbonyl (C=O) groups excluding carboxylic acids is 2. The lowest BCUT2D eigenvalue weighted by Gasteiger charge is -2.25. The summed E-state index contributed by atoms with van der Waals surface area (Å²) in [4.78, 5) is 27.6. The Labute approximate surface area is 124 Å². The molecule has 20 heavy (non-hydrogen) atoms. The van der Waals surface area contributed by atoms with Crippen LogP contribution in [0.25, 0.3) is 0 Å². The molecule has 112 valence electrons. The van der Waals surface area contributed by atoms with Gasteiger partial charge in [0.25, 0.3) is 5.91 Å². The predicted octanol–water partition coefficient (Wildman–Crippen LogP) is 3.03. The topological polar surface area (TPSA) is 46.6 Å². The van der Waals surface area contributed by atoms with Crippen LogP contribution in [0.4, 0.5) is 0 Å². The Balaban J connectivity index is 2.90. The quantitative estimate of drug-likeness (QED) is 0.758. The number of hydrogen-bond donors (Lipinski definition) is 0. The van der Waals surface area contributed by atoms with E-state index >= 15 is 0 Å². The van der Waals surface area contributed by atoms with Gasteiger partial charge in [0, 0.05) is 10.9 Å². The van der Waals surface area contributed by atoms with Gasteiger partial charge in [-0.1, -0.05) is 6.92 Å². The number of esters is 1. The fourth-order valence-electron chi connectivity index (χ4n) is 1.95. The largest absolute Gasteiger partial charge is 0.465 e. The molecule has 0 unspecified atom stereocenters. The Bertz CT molecular complexity index is 479. The van der Waals surface area contributed by atoms with Crippen molar-refractivity contribution in [1.29, 1.82) is 0 Å². The van der Waals surface area contributed by atoms with Crippen LogP contribution in [-0.2, 0) is 16.0 Å². The molecule has 1 rings (SSSR count). The maximum atomic E-state index is 12.5. The summed E-state index contributed by atoms with van der Waals surface area (Å²) in [5.74, 6) is -0.459. The fraction of sp³-hybridized carbons (Fsp3) is 0.600. The van der Waals surface area contributed by atoms with Gasteiger partial charge in [-0.05, 0) is 45.7 Å². The standard InChI is InChI=1S/C15H23NO3S/c1-6-12-8-13(20-11(12)5)15(18)16(10(3)4)9-14(17)19-7-2/h8,10H,6-7,9H2,1-5H3. The molecule has 0 aliphatic heterocycles. The maximum absolute atomic E-state index is 12.5. The number of aryl methyl sites for hydroxylation is 2. The summed E-state index contributed by atoms with van der Waals surface area (Å²) in [6.07, 6.45) is 0.912. The summed E-state index contributed by atoms with van der Waals surface area (Å²) in [5, 5.41) is 0. The number of hydrogen-bond acceptors (Lipinski definition) is 4. The molecule has 0 aliphatic rings. The van der Waals surface area contributed by atoms with E-state index in [1.165, 1.54) is 16.9 Å². The lowest BCUT2D eigenvalue weighted by Crippen LogP contribution is -2.41. The first-order valence-corrected chi connectivity index (χ1v) is 7.78. The molecule has 0 N–H and O–H groups in total. The van der Waals surface area contributed by atoms with E-state index in [2.05, 4.69) is 6.92 Å². The second-order valence-corrected chi connectivity index (χ2v) is 6.13. The number of carbonyl (C=O) groups is 2. The van der Waals surface area contributed by atoms with Gasteiger partial charge in [0.2, 0.25) is 0 Å². The molecule has 0 radical (unpaired) electrons. The van der Waals surface area contributed by atoms with Gasteiger partial charge in [-0.3, -0.25) is 9.59 Å². The lowest BCUT2D eigenvalue weighted by molar-refractivity contribution is -0.144. The monoisotopic (exact) mass is 297 g/mol. The third-order valence-corrected chi connectivity index (χ3v) is 4.18. The van der Waals surface area contributed by atoms with Crippen molar-refractivity contribution in [2.45, 2.75) is 47.1 Å². The third-order valence-electron chi connectivity index (χ3n) is 3.10. The first kappa shape index (κ1) is 16.7. The minimum atomic E-state index is -0.362. The van der Waals surface area contributed by atoms with Gasteiger partial charge in [-0.15, -0.1) is 11.3 Å². The molecule has 1 aromatic rings. The first-order valence-electron chi connectivity index (χ1n) is 6.96. The predicted molar refractivity (Wildman–Crippen MR) is 81.2 cm³/mol. The zero-order valence-electron chi connectivity index (χ0n) is 12.9. The molecule has 5 heteroatoms. The van der Waals surface area contributed by atoms with E-state index in [9.17, 15) is 9.59 Å². The van der Waals surface area contributed by atoms with Crippen molar-refractivity contribution in [3.8, 4) is 0 Å². The van der Waals surface area contributed by atoms with Crippen LogP contribution < -0.4 is 0 Å². The van der Waals surface area contributed by atoms with Crippen molar-refractivity contribution < 1.29 is 14.3 Å². The van der Waals surface area contributed by atoms with Crippen molar-refractivity contribution >= 4 is 23.2 Å². The molecule has 0 aromatic carbocycles. The van der Waals surface area contributed by atoms with Crippen molar-refractivity contribution in [3.05, 3.63) is 21.4 Å². The average molecular weight is 297 g/mol. The molecule has 0 saturated heterocycles. The molecule has 0 fully saturated rings. The molecule has 0 bridgehead atoms. The Morgan fingerprint density at radius 3 is 2.45 bits per heavy atom. The molecule has 1 amide bonds. The van der Waals surface area contributed by atoms with Gasteiger partial charge in [0.05, 0.1) is 11.5 Å². The molecular weight excluding hydrogens is 274 g/mol. The Morgan fingerprint density at radius 1 is 1.35 bits per heavy atom. The number of rotatable bonds is 6. The van der Waals surface area contributed by atoms with E-state index in [0.29, 0.717) is 11.5 Å². The van der Waals surface area contributed by atoms with Crippen LogP contribution >= 0.6 is 11.3 Å². The van der Waals surface area contributed by atoms with Crippen LogP contribution in [0.2, 0.25) is 0 Å². The third kappa shape index (κ3) is 4.07. The smallest absolute Gasteiger partial charge is 0.325 e. The zero-order chi connectivity index (χ0) is 15.3. The minimum Gasteiger partial charge on any atom is -0.465 e. The molecule has 1 heterocycles. The van der Waals surface area contributed by atoms with Crippen LogP contribution in [0, 0.1) is 6.92 Å². The second kappa shape index (κ2) is 7.43. The fourth-order valence-corrected chi connectivity index (χ4v) is 3.02. The molecule has 4 nitrogen and oxygen atoms in total. The molecule has 0 atom stereocenters. The van der Waals surface area contributed by atoms with Gasteiger partial charge >= 0.3 is 5.97 Å². The molecule has 1 aromatic heterocycles. The van der Waals surface area contributed by atoms with Crippen molar-refractivity contribution in [2.24, 2.45) is 0 Å². The van der Waals surface area contributed by atoms with Gasteiger partial charge in [0.15, 0.2) is 0 Å². The maximum Gasteiger partial charge on any atom is 0.325 e. The van der Waals surface area contributed by atoms with E-state index in [0.717, 1.165) is 11.3 Å². The highest BCUT2D eigenvalue weighted by atomic mass is 32.1. The number of ether oxygens (including phenoxy) is 1. The highest BCUT2D eigenvalue weighted by Gasteiger charge is 2.24. The summed E-state index contributed by atoms with van der Waals surface area (Å²) < 4.78 is 4.93. The van der Waals surface area contributed by atoms with E-state index in [-0.39, 0.29) is 24.5 Å². The van der Waals surface area contributed by atoms with Crippen LogP contribution in [0.3, 0.4) is 0 Å². The number of nitrogens with zero attached hydrogens (tertiary/aromatic N) is 1. The minimum absolute atomic E-state index is 0.00272. The molecule has 0 spiro atoms. The van der Waals surface area contributed by atoms with E-state index in [4.69, 9.17) is 4.74 Å². The van der Waals surface area contributed by atoms with E-state index < -0.39 is 0 Å². The number of amides is 1. The van der Waals surface area contributed by atoms with Crippen molar-refractivity contribution in [1.82, 2.24) is 4.90 Å². The van der Waals surface area contributed by atoms with Crippen LogP contribution in [0.5, 0.6) is 0 Å². The highest BCUT2D eigenvalue weighted by molar-refractivity contribution is 7.14. The summed E-state index contributed by atoms with van der Waals surface area (Å²) in [5.41, 5.74) is 1.19. The Hall–Kier alpha value is -1.36. The van der Waals surface area contributed by atoms with E-state index in [1.807, 2.05) is 26.8 Å². The summed E-state index contributed by atoms with van der Waals surface area (Å²) in [6.45, 7) is 9.99. The average Bonchev–Trinajstić information content (AvgIpc) is 2.76. The normalized spacial score (nSPS) is 10.7. The summed E-state index contributed by atoms with van der Waals surface area (Å²) >= 11 is 1.49. The van der Waals surface area contributed by atoms with E-state index in [1.54, 1.807) is 11.8 Å². The highest BCUT2D eigenvalue weighted by Crippen LogP contribution is 2.24. The molecule has 0 saturated carbocycles. The van der Waals surface area contributed by atoms with Crippen LogP contribution in [0.15, 0.2) is 6.07 Å². The zero-order valence-corrected chi connectivity index (χ0v) is 13.7. The number of thiophene rings is 1. The Morgan fingerprint density at radius 2 is 2.00 bits per heavy atom. The SMILES string of the molecule is CCOC(=O)CN(C(=O)c1cc(CC)c(C)s1)C(C)C. The van der Waals surface area contributed by atoms with Crippen molar-refractivity contribution in [2.75, 3.05) is 13.2 Å². The van der Waals surface area contributed by atoms with Gasteiger partial charge in [0.1, 0.15) is 6.54 Å². The second-order valence-electron chi connectivity index (χ2n) is 4.88. The van der Waals surface area contributed by atoms with Crippen LogP contribution in [-0.4, -0.2) is 36.0 Å². The lowest BCUT2D eigenvalue weighted by atomic mass is 10.2. The molecule has 0 aliphatic carbocycles. The molecular formula is C15H23NO3S. The van der Waals surface area contributed by atoms with Gasteiger partial charge < -0.3 is 9.64 Å². The van der Waals surface area contributed by atoms with Crippen molar-refractivity contribution in [3.63, 3.8) is 0 Å².